The van der Waals surface area contributed by atoms with Gasteiger partial charge in [-0.2, -0.15) is 10.1 Å². The molecule has 0 spiro atoms. The molecule has 1 aromatic carbocycles. The minimum Gasteiger partial charge on any atom is -0.272 e. The second kappa shape index (κ2) is 5.09. The summed E-state index contributed by atoms with van der Waals surface area (Å²) in [5.74, 6) is 0.374. The fourth-order valence-corrected chi connectivity index (χ4v) is 5.08. The van der Waals surface area contributed by atoms with Crippen LogP contribution in [0.15, 0.2) is 35.5 Å². The summed E-state index contributed by atoms with van der Waals surface area (Å²) in [5, 5.41) is 16.1. The van der Waals surface area contributed by atoms with Crippen LogP contribution in [0.3, 0.4) is 0 Å². The number of aryl methyl sites for hydroxylation is 1. The first-order chi connectivity index (χ1) is 12.5. The molecular weight excluding hydrogens is 334 g/mol. The highest BCUT2D eigenvalue weighted by Crippen LogP contribution is 2.65. The fraction of sp³-hybridized carbons (Fsp3) is 0.421. The molecule has 5 aliphatic rings. The van der Waals surface area contributed by atoms with Crippen molar-refractivity contribution in [3.05, 3.63) is 51.6 Å². The largest absolute Gasteiger partial charge is 0.272 e. The van der Waals surface area contributed by atoms with E-state index in [-0.39, 0.29) is 41.2 Å². The molecule has 0 N–H and O–H groups in total. The first kappa shape index (κ1) is 15.4. The minimum absolute atomic E-state index is 0.0102. The van der Waals surface area contributed by atoms with Crippen molar-refractivity contribution >= 4 is 23.7 Å². The number of imide groups is 1. The SMILES string of the molecule is Cc1ccc(/C=N\N2C(=O)[C@H]3[C@@H]4C=C[C@H]([C@@H]5C[C@H]45)[C@@H]3C2=O)cc1[N+](=O)[O-]. The smallest absolute Gasteiger partial charge is 0.272 e. The molecule has 3 fully saturated rings. The Bertz CT molecular complexity index is 885. The summed E-state index contributed by atoms with van der Waals surface area (Å²) < 4.78 is 0. The van der Waals surface area contributed by atoms with Crippen LogP contribution in [0.1, 0.15) is 17.5 Å². The lowest BCUT2D eigenvalue weighted by Crippen LogP contribution is -2.40. The molecule has 6 rings (SSSR count). The number of benzene rings is 1. The standard InChI is InChI=1S/C19H17N3O4/c1-9-2-3-10(6-15(9)22(25)26)8-20-21-18(23)16-11-4-5-12(14-7-13(11)14)17(16)19(21)24/h2-6,8,11-14,16-17H,7H2,1H3/b20-8-/t11-,12-,13-,14+,16+,17+/m1/s1. The first-order valence-electron chi connectivity index (χ1n) is 8.82. The van der Waals surface area contributed by atoms with E-state index < -0.39 is 4.92 Å². The van der Waals surface area contributed by atoms with Crippen LogP contribution in [0.2, 0.25) is 0 Å². The predicted molar refractivity (Wildman–Crippen MR) is 92.0 cm³/mol. The number of hydrazone groups is 1. The van der Waals surface area contributed by atoms with Gasteiger partial charge in [0.1, 0.15) is 0 Å². The van der Waals surface area contributed by atoms with Crippen molar-refractivity contribution in [1.29, 1.82) is 0 Å². The Kier molecular flexibility index (Phi) is 3.02. The van der Waals surface area contributed by atoms with Crippen LogP contribution in [-0.2, 0) is 9.59 Å². The third-order valence-corrected chi connectivity index (χ3v) is 6.39. The second-order valence-electron chi connectivity index (χ2n) is 7.69. The number of nitrogens with zero attached hydrogens (tertiary/aromatic N) is 3. The van der Waals surface area contributed by atoms with Gasteiger partial charge in [0.2, 0.25) is 0 Å². The predicted octanol–water partition coefficient (Wildman–Crippen LogP) is 2.29. The minimum atomic E-state index is -0.455. The molecule has 2 saturated carbocycles. The molecule has 7 nitrogen and oxygen atoms in total. The van der Waals surface area contributed by atoms with Gasteiger partial charge in [-0.15, -0.1) is 0 Å². The van der Waals surface area contributed by atoms with Crippen LogP contribution < -0.4 is 0 Å². The first-order valence-corrected chi connectivity index (χ1v) is 8.82. The van der Waals surface area contributed by atoms with Crippen molar-refractivity contribution in [2.45, 2.75) is 13.3 Å². The molecule has 2 amide bonds. The maximum absolute atomic E-state index is 12.8. The van der Waals surface area contributed by atoms with Gasteiger partial charge in [-0.1, -0.05) is 24.3 Å². The molecule has 1 aromatic rings. The van der Waals surface area contributed by atoms with Crippen molar-refractivity contribution in [3.63, 3.8) is 0 Å². The average molecular weight is 351 g/mol. The number of amides is 2. The fourth-order valence-electron chi connectivity index (χ4n) is 5.08. The quantitative estimate of drug-likeness (QED) is 0.275. The summed E-state index contributed by atoms with van der Waals surface area (Å²) in [7, 11) is 0. The van der Waals surface area contributed by atoms with E-state index >= 15 is 0 Å². The molecule has 1 aliphatic heterocycles. The molecule has 26 heavy (non-hydrogen) atoms. The molecule has 1 saturated heterocycles. The number of hydrogen-bond donors (Lipinski definition) is 0. The Labute approximate surface area is 149 Å². The molecule has 6 atom stereocenters. The Morgan fingerprint density at radius 3 is 2.35 bits per heavy atom. The zero-order valence-electron chi connectivity index (χ0n) is 14.1. The molecule has 0 aromatic heterocycles. The van der Waals surface area contributed by atoms with Crippen LogP contribution >= 0.6 is 0 Å². The van der Waals surface area contributed by atoms with Gasteiger partial charge in [-0.3, -0.25) is 19.7 Å². The van der Waals surface area contributed by atoms with E-state index in [1.54, 1.807) is 19.1 Å². The van der Waals surface area contributed by atoms with Crippen molar-refractivity contribution < 1.29 is 14.5 Å². The Balaban J connectivity index is 1.43. The topological polar surface area (TPSA) is 92.9 Å². The van der Waals surface area contributed by atoms with E-state index in [4.69, 9.17) is 0 Å². The van der Waals surface area contributed by atoms with Crippen LogP contribution in [0.25, 0.3) is 0 Å². The number of rotatable bonds is 3. The summed E-state index contributed by atoms with van der Waals surface area (Å²) >= 11 is 0. The molecule has 0 radical (unpaired) electrons. The van der Waals surface area contributed by atoms with Crippen LogP contribution in [0.4, 0.5) is 5.69 Å². The Morgan fingerprint density at radius 1 is 1.15 bits per heavy atom. The molecule has 0 unspecified atom stereocenters. The van der Waals surface area contributed by atoms with E-state index in [1.165, 1.54) is 12.3 Å². The van der Waals surface area contributed by atoms with Crippen molar-refractivity contribution in [3.8, 4) is 0 Å². The van der Waals surface area contributed by atoms with Crippen LogP contribution in [0, 0.1) is 52.5 Å². The highest BCUT2D eigenvalue weighted by Gasteiger charge is 2.67. The highest BCUT2D eigenvalue weighted by molar-refractivity contribution is 6.06. The summed E-state index contributed by atoms with van der Waals surface area (Å²) in [6, 6.07) is 4.71. The van der Waals surface area contributed by atoms with Gasteiger partial charge >= 0.3 is 0 Å². The molecule has 132 valence electrons. The molecule has 2 bridgehead atoms. The van der Waals surface area contributed by atoms with Crippen molar-refractivity contribution in [1.82, 2.24) is 5.01 Å². The zero-order chi connectivity index (χ0) is 18.2. The van der Waals surface area contributed by atoms with Gasteiger partial charge in [0.25, 0.3) is 17.5 Å². The number of nitro groups is 1. The lowest BCUT2D eigenvalue weighted by molar-refractivity contribution is -0.385. The maximum atomic E-state index is 12.8. The lowest BCUT2D eigenvalue weighted by Gasteiger charge is -2.37. The van der Waals surface area contributed by atoms with Gasteiger partial charge in [0.15, 0.2) is 0 Å². The molecule has 1 heterocycles. The summed E-state index contributed by atoms with van der Waals surface area (Å²) in [6.07, 6.45) is 6.70. The van der Waals surface area contributed by atoms with E-state index in [0.29, 0.717) is 23.0 Å². The maximum Gasteiger partial charge on any atom is 0.272 e. The van der Waals surface area contributed by atoms with E-state index in [9.17, 15) is 19.7 Å². The van der Waals surface area contributed by atoms with Crippen molar-refractivity contribution in [2.24, 2.45) is 40.6 Å². The van der Waals surface area contributed by atoms with Crippen LogP contribution in [-0.4, -0.2) is 28.0 Å². The number of carbonyl (C=O) groups is 2. The van der Waals surface area contributed by atoms with Gasteiger partial charge in [0, 0.05) is 17.2 Å². The highest BCUT2D eigenvalue weighted by atomic mass is 16.6. The van der Waals surface area contributed by atoms with E-state index in [1.807, 2.05) is 0 Å². The Morgan fingerprint density at radius 2 is 1.77 bits per heavy atom. The zero-order valence-corrected chi connectivity index (χ0v) is 14.1. The monoisotopic (exact) mass is 351 g/mol. The number of nitro benzene ring substituents is 1. The van der Waals surface area contributed by atoms with Gasteiger partial charge in [-0.05, 0) is 37.0 Å². The normalized spacial score (nSPS) is 36.6. The van der Waals surface area contributed by atoms with E-state index in [2.05, 4.69) is 17.3 Å². The Hall–Kier alpha value is -2.83. The third-order valence-electron chi connectivity index (χ3n) is 6.39. The van der Waals surface area contributed by atoms with Crippen molar-refractivity contribution in [2.75, 3.05) is 0 Å². The number of allylic oxidation sites excluding steroid dienone is 2. The average Bonchev–Trinajstić information content (AvgIpc) is 3.40. The van der Waals surface area contributed by atoms with Gasteiger partial charge in [-0.25, -0.2) is 0 Å². The molecule has 4 aliphatic carbocycles. The third kappa shape index (κ3) is 1.97. The number of carbonyl (C=O) groups excluding carboxylic acids is 2. The summed E-state index contributed by atoms with van der Waals surface area (Å²) in [5.41, 5.74) is 1.03. The molecular formula is C19H17N3O4. The molecule has 7 heteroatoms. The van der Waals surface area contributed by atoms with Gasteiger partial charge < -0.3 is 0 Å². The van der Waals surface area contributed by atoms with E-state index in [0.717, 1.165) is 11.4 Å². The van der Waals surface area contributed by atoms with Crippen LogP contribution in [0.5, 0.6) is 0 Å². The lowest BCUT2D eigenvalue weighted by atomic mass is 9.63. The summed E-state index contributed by atoms with van der Waals surface area (Å²) in [4.78, 5) is 36.2. The summed E-state index contributed by atoms with van der Waals surface area (Å²) in [6.45, 7) is 1.66. The van der Waals surface area contributed by atoms with Gasteiger partial charge in [0.05, 0.1) is 23.0 Å². The number of hydrogen-bond acceptors (Lipinski definition) is 5. The second-order valence-corrected chi connectivity index (χ2v) is 7.69.